The lowest BCUT2D eigenvalue weighted by atomic mass is 10.0. The molecule has 0 amide bonds. The Morgan fingerprint density at radius 2 is 1.75 bits per heavy atom. The molecule has 0 bridgehead atoms. The van der Waals surface area contributed by atoms with Crippen LogP contribution in [0.25, 0.3) is 0 Å². The highest BCUT2D eigenvalue weighted by atomic mass is 79.9. The third-order valence-electron chi connectivity index (χ3n) is 2.91. The van der Waals surface area contributed by atoms with Crippen LogP contribution < -0.4 is 4.74 Å². The van der Waals surface area contributed by atoms with Crippen LogP contribution in [0.1, 0.15) is 11.1 Å². The molecule has 0 aromatic heterocycles. The molecule has 4 heteroatoms. The fourth-order valence-electron chi connectivity index (χ4n) is 1.98. The fourth-order valence-corrected chi connectivity index (χ4v) is 3.02. The van der Waals surface area contributed by atoms with Crippen LogP contribution in [0.3, 0.4) is 0 Å². The lowest BCUT2D eigenvalue weighted by molar-refractivity contribution is -0.117. The van der Waals surface area contributed by atoms with Gasteiger partial charge in [-0.05, 0) is 51.3 Å². The van der Waals surface area contributed by atoms with Crippen LogP contribution in [-0.4, -0.2) is 12.9 Å². The summed E-state index contributed by atoms with van der Waals surface area (Å²) in [6.07, 6.45) is 0.873. The number of carbonyl (C=O) groups excluding carboxylic acids is 1. The van der Waals surface area contributed by atoms with E-state index in [0.717, 1.165) is 25.8 Å². The zero-order valence-corrected chi connectivity index (χ0v) is 14.2. The summed E-state index contributed by atoms with van der Waals surface area (Å²) in [4.78, 5) is 12.1. The van der Waals surface area contributed by atoms with Crippen molar-refractivity contribution in [3.8, 4) is 5.75 Å². The first kappa shape index (κ1) is 15.3. The Balaban J connectivity index is 2.03. The van der Waals surface area contributed by atoms with E-state index in [4.69, 9.17) is 4.74 Å². The van der Waals surface area contributed by atoms with E-state index in [1.807, 2.05) is 42.5 Å². The number of carbonyl (C=O) groups is 1. The lowest BCUT2D eigenvalue weighted by Gasteiger charge is -2.06. The van der Waals surface area contributed by atoms with Gasteiger partial charge < -0.3 is 4.74 Å². The summed E-state index contributed by atoms with van der Waals surface area (Å²) in [7, 11) is 1.62. The van der Waals surface area contributed by atoms with Crippen molar-refractivity contribution in [1.82, 2.24) is 0 Å². The summed E-state index contributed by atoms with van der Waals surface area (Å²) in [5.74, 6) is 0.966. The molecule has 2 nitrogen and oxygen atoms in total. The Bertz CT molecular complexity index is 624. The van der Waals surface area contributed by atoms with Crippen LogP contribution in [0, 0.1) is 0 Å². The molecule has 0 aliphatic rings. The van der Waals surface area contributed by atoms with Gasteiger partial charge in [0.05, 0.1) is 11.6 Å². The zero-order chi connectivity index (χ0) is 14.5. The highest BCUT2D eigenvalue weighted by Gasteiger charge is 2.08. The van der Waals surface area contributed by atoms with Gasteiger partial charge in [0.15, 0.2) is 0 Å². The average molecular weight is 398 g/mol. The number of hydrogen-bond acceptors (Lipinski definition) is 2. The topological polar surface area (TPSA) is 26.3 Å². The molecule has 0 heterocycles. The van der Waals surface area contributed by atoms with Gasteiger partial charge in [0.2, 0.25) is 0 Å². The summed E-state index contributed by atoms with van der Waals surface area (Å²) in [6.45, 7) is 0. The molecule has 0 fully saturated rings. The molecule has 2 rings (SSSR count). The summed E-state index contributed by atoms with van der Waals surface area (Å²) in [5.41, 5.74) is 2.01. The van der Waals surface area contributed by atoms with E-state index in [2.05, 4.69) is 31.9 Å². The Morgan fingerprint density at radius 1 is 1.05 bits per heavy atom. The third-order valence-corrected chi connectivity index (χ3v) is 4.02. The van der Waals surface area contributed by atoms with Crippen LogP contribution >= 0.6 is 31.9 Å². The minimum atomic E-state index is 0.195. The first-order valence-electron chi connectivity index (χ1n) is 6.17. The monoisotopic (exact) mass is 396 g/mol. The number of benzene rings is 2. The van der Waals surface area contributed by atoms with Crippen molar-refractivity contribution in [2.75, 3.05) is 7.11 Å². The van der Waals surface area contributed by atoms with Crippen LogP contribution in [0.15, 0.2) is 51.4 Å². The average Bonchev–Trinajstić information content (AvgIpc) is 2.38. The predicted octanol–water partition coefficient (Wildman–Crippen LogP) is 4.57. The third kappa shape index (κ3) is 4.18. The number of rotatable bonds is 5. The van der Waals surface area contributed by atoms with E-state index in [-0.39, 0.29) is 5.78 Å². The predicted molar refractivity (Wildman–Crippen MR) is 87.3 cm³/mol. The van der Waals surface area contributed by atoms with Crippen molar-refractivity contribution < 1.29 is 9.53 Å². The molecule has 0 unspecified atom stereocenters. The van der Waals surface area contributed by atoms with E-state index >= 15 is 0 Å². The van der Waals surface area contributed by atoms with Crippen molar-refractivity contribution in [3.05, 3.63) is 62.5 Å². The summed E-state index contributed by atoms with van der Waals surface area (Å²) >= 11 is 6.84. The zero-order valence-electron chi connectivity index (χ0n) is 11.0. The molecule has 20 heavy (non-hydrogen) atoms. The van der Waals surface area contributed by atoms with Gasteiger partial charge in [-0.25, -0.2) is 0 Å². The molecule has 104 valence electrons. The van der Waals surface area contributed by atoms with Gasteiger partial charge in [0.25, 0.3) is 0 Å². The van der Waals surface area contributed by atoms with Gasteiger partial charge in [-0.2, -0.15) is 0 Å². The van der Waals surface area contributed by atoms with E-state index in [0.29, 0.717) is 12.8 Å². The van der Waals surface area contributed by atoms with E-state index < -0.39 is 0 Å². The maximum atomic E-state index is 12.1. The number of methoxy groups -OCH3 is 1. The van der Waals surface area contributed by atoms with Gasteiger partial charge >= 0.3 is 0 Å². The second-order valence-corrected chi connectivity index (χ2v) is 6.26. The molecule has 0 atom stereocenters. The Hall–Kier alpha value is -1.13. The maximum absolute atomic E-state index is 12.1. The first-order chi connectivity index (χ1) is 9.58. The number of hydrogen-bond donors (Lipinski definition) is 0. The van der Waals surface area contributed by atoms with Crippen molar-refractivity contribution in [3.63, 3.8) is 0 Å². The molecule has 0 aliphatic carbocycles. The van der Waals surface area contributed by atoms with Gasteiger partial charge in [0.1, 0.15) is 11.5 Å². The second kappa shape index (κ2) is 7.04. The summed E-state index contributed by atoms with van der Waals surface area (Å²) in [6, 6.07) is 13.5. The van der Waals surface area contributed by atoms with Crippen LogP contribution in [-0.2, 0) is 17.6 Å². The normalized spacial score (nSPS) is 10.3. The molecule has 0 radical (unpaired) electrons. The van der Waals surface area contributed by atoms with Gasteiger partial charge in [-0.1, -0.05) is 34.1 Å². The molecule has 0 saturated heterocycles. The maximum Gasteiger partial charge on any atom is 0.141 e. The van der Waals surface area contributed by atoms with Crippen molar-refractivity contribution in [1.29, 1.82) is 0 Å². The van der Waals surface area contributed by atoms with E-state index in [9.17, 15) is 4.79 Å². The molecule has 0 spiro atoms. The highest BCUT2D eigenvalue weighted by Crippen LogP contribution is 2.25. The Labute approximate surface area is 135 Å². The van der Waals surface area contributed by atoms with Crippen molar-refractivity contribution >= 4 is 37.6 Å². The van der Waals surface area contributed by atoms with Crippen LogP contribution in [0.5, 0.6) is 5.75 Å². The lowest BCUT2D eigenvalue weighted by Crippen LogP contribution is -2.06. The summed E-state index contributed by atoms with van der Waals surface area (Å²) in [5, 5.41) is 0. The summed E-state index contributed by atoms with van der Waals surface area (Å²) < 4.78 is 7.04. The van der Waals surface area contributed by atoms with E-state index in [1.165, 1.54) is 0 Å². The second-order valence-electron chi connectivity index (χ2n) is 4.49. The molecule has 0 N–H and O–H groups in total. The van der Waals surface area contributed by atoms with Crippen LogP contribution in [0.4, 0.5) is 0 Å². The molecular weight excluding hydrogens is 384 g/mol. The van der Waals surface area contributed by atoms with Crippen molar-refractivity contribution in [2.24, 2.45) is 0 Å². The smallest absolute Gasteiger partial charge is 0.141 e. The standard InChI is InChI=1S/C16H14Br2O2/c1-20-16-6-5-12(10-15(16)18)9-14(19)8-11-3-2-4-13(17)7-11/h2-7,10H,8-9H2,1H3. The molecular formula is C16H14Br2O2. The van der Waals surface area contributed by atoms with Crippen molar-refractivity contribution in [2.45, 2.75) is 12.8 Å². The number of halogens is 2. The first-order valence-corrected chi connectivity index (χ1v) is 7.75. The van der Waals surface area contributed by atoms with E-state index in [1.54, 1.807) is 7.11 Å². The quantitative estimate of drug-likeness (QED) is 0.738. The largest absolute Gasteiger partial charge is 0.496 e. The highest BCUT2D eigenvalue weighted by molar-refractivity contribution is 9.10. The SMILES string of the molecule is COc1ccc(CC(=O)Cc2cccc(Br)c2)cc1Br. The van der Waals surface area contributed by atoms with Gasteiger partial charge in [0, 0.05) is 17.3 Å². The van der Waals surface area contributed by atoms with Crippen LogP contribution in [0.2, 0.25) is 0 Å². The fraction of sp³-hybridized carbons (Fsp3) is 0.188. The molecule has 2 aromatic rings. The number of ether oxygens (including phenoxy) is 1. The Kier molecular flexibility index (Phi) is 5.38. The molecule has 0 saturated carbocycles. The van der Waals surface area contributed by atoms with Gasteiger partial charge in [-0.3, -0.25) is 4.79 Å². The van der Waals surface area contributed by atoms with Gasteiger partial charge in [-0.15, -0.1) is 0 Å². The minimum Gasteiger partial charge on any atom is -0.496 e. The Morgan fingerprint density at radius 3 is 2.35 bits per heavy atom. The number of ketones is 1. The molecule has 2 aromatic carbocycles. The molecule has 0 aliphatic heterocycles. The number of Topliss-reactive ketones (excluding diaryl/α,β-unsaturated/α-hetero) is 1. The minimum absolute atomic E-state index is 0.195.